The fourth-order valence-corrected chi connectivity index (χ4v) is 1.96. The highest BCUT2D eigenvalue weighted by molar-refractivity contribution is 6.31. The van der Waals surface area contributed by atoms with E-state index >= 15 is 0 Å². The number of nitrogens with one attached hydrogen (secondary N) is 1. The van der Waals surface area contributed by atoms with Crippen molar-refractivity contribution < 1.29 is 0 Å². The van der Waals surface area contributed by atoms with Gasteiger partial charge in [-0.3, -0.25) is 4.68 Å². The number of aryl methyl sites for hydroxylation is 1. The minimum Gasteiger partial charge on any atom is -0.314 e. The fraction of sp³-hybridized carbons (Fsp3) is 0.727. The molecule has 2 rings (SSSR count). The van der Waals surface area contributed by atoms with Crippen LogP contribution in [-0.4, -0.2) is 22.4 Å². The summed E-state index contributed by atoms with van der Waals surface area (Å²) < 4.78 is 2.02. The number of aromatic nitrogens is 2. The van der Waals surface area contributed by atoms with E-state index in [0.29, 0.717) is 0 Å². The molecule has 1 saturated carbocycles. The van der Waals surface area contributed by atoms with Crippen molar-refractivity contribution >= 4 is 11.6 Å². The summed E-state index contributed by atoms with van der Waals surface area (Å²) in [5.74, 6) is 0. The molecule has 1 fully saturated rings. The topological polar surface area (TPSA) is 29.9 Å². The molecule has 0 bridgehead atoms. The van der Waals surface area contributed by atoms with Gasteiger partial charge in [0.1, 0.15) is 0 Å². The van der Waals surface area contributed by atoms with Crippen LogP contribution in [0.15, 0.2) is 6.20 Å². The van der Waals surface area contributed by atoms with E-state index in [2.05, 4.69) is 17.3 Å². The molecule has 0 amide bonds. The maximum atomic E-state index is 6.10. The summed E-state index contributed by atoms with van der Waals surface area (Å²) in [6.45, 7) is 4.13. The fourth-order valence-electron chi connectivity index (χ4n) is 1.72. The van der Waals surface area contributed by atoms with Crippen LogP contribution in [0.1, 0.15) is 31.9 Å². The van der Waals surface area contributed by atoms with Gasteiger partial charge in [0, 0.05) is 25.6 Å². The molecule has 0 saturated heterocycles. The summed E-state index contributed by atoms with van der Waals surface area (Å²) in [4.78, 5) is 0. The van der Waals surface area contributed by atoms with Gasteiger partial charge in [0.25, 0.3) is 0 Å². The van der Waals surface area contributed by atoms with Gasteiger partial charge in [0.05, 0.1) is 16.9 Å². The van der Waals surface area contributed by atoms with Crippen LogP contribution in [0.4, 0.5) is 0 Å². The average molecular weight is 228 g/mol. The summed E-state index contributed by atoms with van der Waals surface area (Å²) in [5.41, 5.74) is 1.17. The van der Waals surface area contributed by atoms with Gasteiger partial charge in [-0.2, -0.15) is 5.10 Å². The van der Waals surface area contributed by atoms with E-state index in [1.165, 1.54) is 18.5 Å². The lowest BCUT2D eigenvalue weighted by Gasteiger charge is -2.07. The van der Waals surface area contributed by atoms with Crippen LogP contribution in [0, 0.1) is 0 Å². The lowest BCUT2D eigenvalue weighted by atomic mass is 10.3. The predicted molar refractivity (Wildman–Crippen MR) is 62.3 cm³/mol. The van der Waals surface area contributed by atoms with Crippen LogP contribution in [0.2, 0.25) is 5.02 Å². The molecule has 0 atom stereocenters. The van der Waals surface area contributed by atoms with Crippen molar-refractivity contribution in [3.05, 3.63) is 16.9 Å². The molecule has 1 aromatic rings. The maximum Gasteiger partial charge on any atom is 0.0818 e. The molecular formula is C11H18ClN3. The number of hydrogen-bond acceptors (Lipinski definition) is 2. The van der Waals surface area contributed by atoms with E-state index < -0.39 is 0 Å². The molecule has 1 N–H and O–H groups in total. The molecule has 1 heterocycles. The van der Waals surface area contributed by atoms with Crippen LogP contribution >= 0.6 is 11.6 Å². The van der Waals surface area contributed by atoms with Gasteiger partial charge in [0.15, 0.2) is 0 Å². The second-order valence-electron chi connectivity index (χ2n) is 4.14. The molecule has 84 valence electrons. The van der Waals surface area contributed by atoms with E-state index in [4.69, 9.17) is 11.6 Å². The van der Waals surface area contributed by atoms with Crippen LogP contribution in [-0.2, 0) is 13.0 Å². The second-order valence-corrected chi connectivity index (χ2v) is 4.55. The van der Waals surface area contributed by atoms with Gasteiger partial charge in [-0.1, -0.05) is 18.5 Å². The van der Waals surface area contributed by atoms with Crippen LogP contribution < -0.4 is 5.32 Å². The first kappa shape index (κ1) is 11.0. The molecule has 0 unspecified atom stereocenters. The number of halogens is 1. The smallest absolute Gasteiger partial charge is 0.0818 e. The highest BCUT2D eigenvalue weighted by atomic mass is 35.5. The summed E-state index contributed by atoms with van der Waals surface area (Å²) in [5, 5.41) is 8.57. The average Bonchev–Trinajstić information content (AvgIpc) is 2.97. The van der Waals surface area contributed by atoms with E-state index in [1.54, 1.807) is 6.20 Å². The van der Waals surface area contributed by atoms with Crippen molar-refractivity contribution in [3.8, 4) is 0 Å². The van der Waals surface area contributed by atoms with Crippen LogP contribution in [0.5, 0.6) is 0 Å². The molecule has 1 aliphatic rings. The Kier molecular flexibility index (Phi) is 3.65. The van der Waals surface area contributed by atoms with Crippen LogP contribution in [0.25, 0.3) is 0 Å². The molecule has 1 aliphatic carbocycles. The highest BCUT2D eigenvalue weighted by Crippen LogP contribution is 2.19. The molecule has 0 radical (unpaired) electrons. The Balaban J connectivity index is 1.88. The van der Waals surface area contributed by atoms with Gasteiger partial charge >= 0.3 is 0 Å². The summed E-state index contributed by atoms with van der Waals surface area (Å²) in [6, 6.07) is 0.770. The van der Waals surface area contributed by atoms with E-state index in [9.17, 15) is 0 Å². The van der Waals surface area contributed by atoms with E-state index in [-0.39, 0.29) is 0 Å². The van der Waals surface area contributed by atoms with Crippen LogP contribution in [0.3, 0.4) is 0 Å². The normalized spacial score (nSPS) is 15.9. The van der Waals surface area contributed by atoms with Gasteiger partial charge in [-0.25, -0.2) is 0 Å². The lowest BCUT2D eigenvalue weighted by molar-refractivity contribution is 0.561. The van der Waals surface area contributed by atoms with Crippen molar-refractivity contribution in [2.75, 3.05) is 6.54 Å². The third-order valence-corrected chi connectivity index (χ3v) is 3.02. The van der Waals surface area contributed by atoms with Crippen molar-refractivity contribution in [3.63, 3.8) is 0 Å². The van der Waals surface area contributed by atoms with E-state index in [0.717, 1.165) is 37.0 Å². The first-order chi connectivity index (χ1) is 7.31. The first-order valence-electron chi connectivity index (χ1n) is 5.75. The van der Waals surface area contributed by atoms with Crippen molar-refractivity contribution in [1.29, 1.82) is 0 Å². The number of hydrogen-bond donors (Lipinski definition) is 1. The Morgan fingerprint density at radius 2 is 2.40 bits per heavy atom. The van der Waals surface area contributed by atoms with Gasteiger partial charge in [-0.05, 0) is 19.3 Å². The zero-order chi connectivity index (χ0) is 10.7. The molecular weight excluding hydrogens is 210 g/mol. The molecule has 1 aromatic heterocycles. The SMILES string of the molecule is CCCn1ncc(Cl)c1CCNC1CC1. The molecule has 3 nitrogen and oxygen atoms in total. The van der Waals surface area contributed by atoms with Crippen molar-refractivity contribution in [1.82, 2.24) is 15.1 Å². The summed E-state index contributed by atoms with van der Waals surface area (Å²) >= 11 is 6.10. The number of nitrogens with zero attached hydrogens (tertiary/aromatic N) is 2. The van der Waals surface area contributed by atoms with Crippen molar-refractivity contribution in [2.24, 2.45) is 0 Å². The number of rotatable bonds is 6. The quantitative estimate of drug-likeness (QED) is 0.808. The Hall–Kier alpha value is -0.540. The minimum absolute atomic E-state index is 0.770. The molecule has 0 spiro atoms. The lowest BCUT2D eigenvalue weighted by Crippen LogP contribution is -2.20. The van der Waals surface area contributed by atoms with Gasteiger partial charge in [0.2, 0.25) is 0 Å². The minimum atomic E-state index is 0.770. The monoisotopic (exact) mass is 227 g/mol. The second kappa shape index (κ2) is 4.99. The third-order valence-electron chi connectivity index (χ3n) is 2.71. The zero-order valence-electron chi connectivity index (χ0n) is 9.17. The standard InChI is InChI=1S/C11H18ClN3/c1-2-7-15-11(10(12)8-14-15)5-6-13-9-3-4-9/h8-9,13H,2-7H2,1H3. The van der Waals surface area contributed by atoms with Crippen molar-refractivity contribution in [2.45, 2.75) is 45.2 Å². The Bertz CT molecular complexity index is 318. The van der Waals surface area contributed by atoms with E-state index in [1.807, 2.05) is 4.68 Å². The first-order valence-corrected chi connectivity index (χ1v) is 6.12. The molecule has 0 aliphatic heterocycles. The van der Waals surface area contributed by atoms with Gasteiger partial charge < -0.3 is 5.32 Å². The molecule has 0 aromatic carbocycles. The predicted octanol–water partition coefficient (Wildman–Crippen LogP) is 2.24. The molecule has 4 heteroatoms. The Morgan fingerprint density at radius 1 is 1.60 bits per heavy atom. The van der Waals surface area contributed by atoms with Gasteiger partial charge in [-0.15, -0.1) is 0 Å². The highest BCUT2D eigenvalue weighted by Gasteiger charge is 2.20. The Morgan fingerprint density at radius 3 is 3.07 bits per heavy atom. The maximum absolute atomic E-state index is 6.10. The Labute approximate surface area is 95.8 Å². The summed E-state index contributed by atoms with van der Waals surface area (Å²) in [7, 11) is 0. The third kappa shape index (κ3) is 2.95. The largest absolute Gasteiger partial charge is 0.314 e. The zero-order valence-corrected chi connectivity index (χ0v) is 9.93. The summed E-state index contributed by atoms with van der Waals surface area (Å²) in [6.07, 6.45) is 6.50. The molecule has 15 heavy (non-hydrogen) atoms.